The number of hydrogen-bond donors (Lipinski definition) is 3. The molecule has 0 unspecified atom stereocenters. The highest BCUT2D eigenvalue weighted by Crippen LogP contribution is 2.30. The van der Waals surface area contributed by atoms with Crippen molar-refractivity contribution in [3.8, 4) is 0 Å². The van der Waals surface area contributed by atoms with E-state index in [1.54, 1.807) is 0 Å². The lowest BCUT2D eigenvalue weighted by atomic mass is 9.99. The zero-order valence-electron chi connectivity index (χ0n) is 12.6. The van der Waals surface area contributed by atoms with Crippen LogP contribution in [0.4, 0.5) is 4.79 Å². The number of fused-ring (bicyclic) bond motifs is 2. The summed E-state index contributed by atoms with van der Waals surface area (Å²) in [5.74, 6) is 1.02. The van der Waals surface area contributed by atoms with E-state index >= 15 is 0 Å². The molecule has 10 nitrogen and oxygen atoms in total. The van der Waals surface area contributed by atoms with Crippen molar-refractivity contribution in [2.45, 2.75) is 31.3 Å². The highest BCUT2D eigenvalue weighted by Gasteiger charge is 2.48. The number of nitrogens with one attached hydrogen (secondary N) is 1. The molecule has 3 rings (SSSR count). The summed E-state index contributed by atoms with van der Waals surface area (Å²) >= 11 is 0. The molecule has 2 bridgehead atoms. The summed E-state index contributed by atoms with van der Waals surface area (Å²) in [7, 11) is -4.73. The van der Waals surface area contributed by atoms with Gasteiger partial charge in [0.2, 0.25) is 0 Å². The number of hydrogen-bond acceptors (Lipinski definition) is 6. The molecule has 0 radical (unpaired) electrons. The van der Waals surface area contributed by atoms with Gasteiger partial charge in [-0.25, -0.2) is 4.79 Å². The third-order valence-electron chi connectivity index (χ3n) is 4.54. The molecule has 0 aliphatic carbocycles. The summed E-state index contributed by atoms with van der Waals surface area (Å²) in [4.78, 5) is 18.1. The van der Waals surface area contributed by atoms with Gasteiger partial charge in [-0.1, -0.05) is 0 Å². The van der Waals surface area contributed by atoms with Crippen LogP contribution in [0.15, 0.2) is 4.99 Å². The van der Waals surface area contributed by atoms with Crippen LogP contribution in [-0.2, 0) is 14.7 Å². The predicted octanol–water partition coefficient (Wildman–Crippen LogP) is -1.04. The van der Waals surface area contributed by atoms with Gasteiger partial charge in [-0.05, 0) is 38.3 Å². The Bertz CT molecular complexity index is 605. The molecule has 130 valence electrons. The van der Waals surface area contributed by atoms with Gasteiger partial charge in [0.1, 0.15) is 5.84 Å². The molecule has 0 aromatic rings. The Kier molecular flexibility index (Phi) is 4.45. The Morgan fingerprint density at radius 2 is 2.17 bits per heavy atom. The minimum Gasteiger partial charge on any atom is -0.386 e. The van der Waals surface area contributed by atoms with Gasteiger partial charge in [-0.15, -0.1) is 4.28 Å². The fourth-order valence-electron chi connectivity index (χ4n) is 3.17. The summed E-state index contributed by atoms with van der Waals surface area (Å²) < 4.78 is 34.8. The van der Waals surface area contributed by atoms with Crippen molar-refractivity contribution in [2.24, 2.45) is 16.6 Å². The van der Waals surface area contributed by atoms with Crippen LogP contribution in [0.25, 0.3) is 0 Å². The zero-order chi connectivity index (χ0) is 16.6. The molecule has 0 aromatic heterocycles. The van der Waals surface area contributed by atoms with Crippen molar-refractivity contribution in [2.75, 3.05) is 26.2 Å². The first-order valence-corrected chi connectivity index (χ1v) is 8.99. The third kappa shape index (κ3) is 3.57. The van der Waals surface area contributed by atoms with E-state index in [9.17, 15) is 13.2 Å². The maximum absolute atomic E-state index is 12.2. The Hall–Kier alpha value is -1.43. The van der Waals surface area contributed by atoms with Gasteiger partial charge in [0, 0.05) is 13.1 Å². The molecule has 11 heteroatoms. The van der Waals surface area contributed by atoms with E-state index in [0.29, 0.717) is 42.7 Å². The maximum Gasteiger partial charge on any atom is 0.418 e. The molecule has 3 saturated heterocycles. The van der Waals surface area contributed by atoms with Gasteiger partial charge in [0.05, 0.1) is 12.1 Å². The number of aliphatic imine (C=N–C) groups is 1. The minimum atomic E-state index is -4.73. The average Bonchev–Trinajstić information content (AvgIpc) is 2.65. The summed E-state index contributed by atoms with van der Waals surface area (Å²) in [6.45, 7) is 2.94. The predicted molar refractivity (Wildman–Crippen MR) is 80.9 cm³/mol. The summed E-state index contributed by atoms with van der Waals surface area (Å²) in [5.41, 5.74) is 6.03. The molecular formula is C12H21N5O5S. The second-order valence-corrected chi connectivity index (χ2v) is 7.13. The van der Waals surface area contributed by atoms with Crippen LogP contribution in [0.2, 0.25) is 0 Å². The molecule has 2 atom stereocenters. The number of hydroxylamine groups is 2. The number of piperidine rings is 1. The van der Waals surface area contributed by atoms with Crippen LogP contribution in [0.3, 0.4) is 0 Å². The average molecular weight is 347 g/mol. The van der Waals surface area contributed by atoms with Gasteiger partial charge in [-0.3, -0.25) is 9.55 Å². The second kappa shape index (κ2) is 6.23. The smallest absolute Gasteiger partial charge is 0.386 e. The van der Waals surface area contributed by atoms with Crippen LogP contribution in [-0.4, -0.2) is 73.1 Å². The molecule has 3 aliphatic heterocycles. The van der Waals surface area contributed by atoms with E-state index in [0.717, 1.165) is 19.5 Å². The van der Waals surface area contributed by atoms with Crippen LogP contribution >= 0.6 is 0 Å². The molecule has 0 aromatic carbocycles. The van der Waals surface area contributed by atoms with Gasteiger partial charge >= 0.3 is 16.4 Å². The van der Waals surface area contributed by atoms with E-state index in [4.69, 9.17) is 10.3 Å². The van der Waals surface area contributed by atoms with Crippen molar-refractivity contribution >= 4 is 22.3 Å². The fourth-order valence-corrected chi connectivity index (χ4v) is 3.56. The van der Waals surface area contributed by atoms with Crippen molar-refractivity contribution in [3.63, 3.8) is 0 Å². The normalized spacial score (nSPS) is 29.1. The molecule has 3 heterocycles. The summed E-state index contributed by atoms with van der Waals surface area (Å²) in [6, 6.07) is -1.38. The number of nitrogens with two attached hydrogens (primary N) is 1. The quantitative estimate of drug-likeness (QED) is 0.317. The standard InChI is InChI=1S/C12H21N5O5S/c13-11(15-4-3-8-5-14-6-8)10-2-1-9-7-16(10)12(18)17(9)22-23(19,20)21/h8-10,14H,1-7H2,(H2,13,15)(H,19,20,21)/t9-,10+/m1/s1. The van der Waals surface area contributed by atoms with Gasteiger partial charge in [0.25, 0.3) is 0 Å². The molecule has 23 heavy (non-hydrogen) atoms. The zero-order valence-corrected chi connectivity index (χ0v) is 13.4. The second-order valence-electron chi connectivity index (χ2n) is 6.13. The van der Waals surface area contributed by atoms with Crippen LogP contribution in [0, 0.1) is 5.92 Å². The molecule has 4 N–H and O–H groups in total. The number of carbonyl (C=O) groups is 1. The van der Waals surface area contributed by atoms with Gasteiger partial charge in [-0.2, -0.15) is 13.5 Å². The van der Waals surface area contributed by atoms with Crippen molar-refractivity contribution < 1.29 is 22.0 Å². The monoisotopic (exact) mass is 347 g/mol. The Labute approximate surface area is 134 Å². The Morgan fingerprint density at radius 3 is 2.78 bits per heavy atom. The highest BCUT2D eigenvalue weighted by molar-refractivity contribution is 7.80. The van der Waals surface area contributed by atoms with E-state index in [2.05, 4.69) is 14.6 Å². The topological polar surface area (TPSA) is 138 Å². The largest absolute Gasteiger partial charge is 0.418 e. The van der Waals surface area contributed by atoms with Crippen molar-refractivity contribution in [1.82, 2.24) is 15.3 Å². The van der Waals surface area contributed by atoms with Crippen LogP contribution in [0.1, 0.15) is 19.3 Å². The lowest BCUT2D eigenvalue weighted by Crippen LogP contribution is -2.48. The van der Waals surface area contributed by atoms with E-state index in [1.165, 1.54) is 4.90 Å². The molecule has 0 spiro atoms. The van der Waals surface area contributed by atoms with Gasteiger partial charge < -0.3 is 16.0 Å². The number of urea groups is 1. The number of carbonyl (C=O) groups excluding carboxylic acids is 1. The lowest BCUT2D eigenvalue weighted by molar-refractivity contribution is -0.0316. The first-order valence-electron chi connectivity index (χ1n) is 7.62. The van der Waals surface area contributed by atoms with E-state index in [1.807, 2.05) is 0 Å². The molecule has 3 fully saturated rings. The molecule has 0 saturated carbocycles. The summed E-state index contributed by atoms with van der Waals surface area (Å²) in [5, 5.41) is 3.90. The number of amidine groups is 1. The van der Waals surface area contributed by atoms with E-state index in [-0.39, 0.29) is 6.04 Å². The third-order valence-corrected chi connectivity index (χ3v) is 4.89. The van der Waals surface area contributed by atoms with Crippen molar-refractivity contribution in [3.05, 3.63) is 0 Å². The lowest BCUT2D eigenvalue weighted by Gasteiger charge is -2.30. The Morgan fingerprint density at radius 1 is 1.43 bits per heavy atom. The van der Waals surface area contributed by atoms with Crippen LogP contribution in [0.5, 0.6) is 0 Å². The number of rotatable bonds is 6. The summed E-state index contributed by atoms with van der Waals surface area (Å²) in [6.07, 6.45) is 2.07. The van der Waals surface area contributed by atoms with E-state index < -0.39 is 22.5 Å². The highest BCUT2D eigenvalue weighted by atomic mass is 32.3. The Balaban J connectivity index is 1.62. The molecule has 2 amide bonds. The maximum atomic E-state index is 12.2. The fraction of sp³-hybridized carbons (Fsp3) is 0.833. The van der Waals surface area contributed by atoms with Gasteiger partial charge in [0.15, 0.2) is 0 Å². The minimum absolute atomic E-state index is 0.307. The number of nitrogens with zero attached hydrogens (tertiary/aromatic N) is 3. The molecular weight excluding hydrogens is 326 g/mol. The first kappa shape index (κ1) is 16.4. The molecule has 3 aliphatic rings. The first-order chi connectivity index (χ1) is 10.8. The SMILES string of the molecule is NC(=NCCC1CNC1)[C@@H]1CC[C@@H]2CN1C(=O)N2OS(=O)(=O)O. The van der Waals surface area contributed by atoms with Crippen molar-refractivity contribution in [1.29, 1.82) is 0 Å². The van der Waals surface area contributed by atoms with Crippen LogP contribution < -0.4 is 11.1 Å². The number of amides is 2.